The van der Waals surface area contributed by atoms with E-state index in [1.54, 1.807) is 19.2 Å². The van der Waals surface area contributed by atoms with Gasteiger partial charge in [-0.3, -0.25) is 0 Å². The number of amides is 2. The Kier molecular flexibility index (Phi) is 6.15. The Hall–Kier alpha value is -1.75. The maximum absolute atomic E-state index is 11.7. The van der Waals surface area contributed by atoms with E-state index in [0.29, 0.717) is 23.9 Å². The van der Waals surface area contributed by atoms with Gasteiger partial charge in [0.05, 0.1) is 12.8 Å². The highest BCUT2D eigenvalue weighted by Crippen LogP contribution is 2.22. The SMILES string of the molecule is COc1ccccc1NC(=O)NCC(N)CC(C)C. The summed E-state index contributed by atoms with van der Waals surface area (Å²) in [7, 11) is 1.57. The molecule has 0 heterocycles. The molecule has 0 spiro atoms. The molecular formula is C14H23N3O2. The first-order valence-corrected chi connectivity index (χ1v) is 6.46. The van der Waals surface area contributed by atoms with Crippen molar-refractivity contribution in [2.45, 2.75) is 26.3 Å². The third-order valence-corrected chi connectivity index (χ3v) is 2.65. The third-order valence-electron chi connectivity index (χ3n) is 2.65. The van der Waals surface area contributed by atoms with Crippen LogP contribution in [0.15, 0.2) is 24.3 Å². The highest BCUT2D eigenvalue weighted by molar-refractivity contribution is 5.90. The summed E-state index contributed by atoms with van der Waals surface area (Å²) >= 11 is 0. The van der Waals surface area contributed by atoms with Crippen LogP contribution in [-0.2, 0) is 0 Å². The minimum absolute atomic E-state index is 0.0246. The van der Waals surface area contributed by atoms with E-state index in [-0.39, 0.29) is 12.1 Å². The molecule has 19 heavy (non-hydrogen) atoms. The van der Waals surface area contributed by atoms with Crippen LogP contribution in [0.4, 0.5) is 10.5 Å². The summed E-state index contributed by atoms with van der Waals surface area (Å²) in [4.78, 5) is 11.7. The number of carbonyl (C=O) groups is 1. The van der Waals surface area contributed by atoms with Gasteiger partial charge in [0.15, 0.2) is 0 Å². The van der Waals surface area contributed by atoms with E-state index >= 15 is 0 Å². The molecule has 0 aliphatic carbocycles. The Bertz CT molecular complexity index is 407. The Labute approximate surface area is 114 Å². The van der Waals surface area contributed by atoms with Crippen molar-refractivity contribution in [1.82, 2.24) is 5.32 Å². The van der Waals surface area contributed by atoms with Crippen molar-refractivity contribution in [3.05, 3.63) is 24.3 Å². The number of benzene rings is 1. The molecule has 0 radical (unpaired) electrons. The monoisotopic (exact) mass is 265 g/mol. The number of anilines is 1. The molecule has 0 bridgehead atoms. The summed E-state index contributed by atoms with van der Waals surface area (Å²) in [5.41, 5.74) is 6.54. The standard InChI is InChI=1S/C14H23N3O2/c1-10(2)8-11(15)9-16-14(18)17-12-6-4-5-7-13(12)19-3/h4-7,10-11H,8-9,15H2,1-3H3,(H2,16,17,18). The molecule has 0 aliphatic heterocycles. The molecule has 2 amide bonds. The number of hydrogen-bond donors (Lipinski definition) is 3. The van der Waals surface area contributed by atoms with Gasteiger partial charge in [-0.1, -0.05) is 26.0 Å². The van der Waals surface area contributed by atoms with Gasteiger partial charge in [0.1, 0.15) is 5.75 Å². The maximum Gasteiger partial charge on any atom is 0.319 e. The maximum atomic E-state index is 11.7. The first-order valence-electron chi connectivity index (χ1n) is 6.46. The van der Waals surface area contributed by atoms with E-state index in [9.17, 15) is 4.79 Å². The zero-order valence-corrected chi connectivity index (χ0v) is 11.8. The average Bonchev–Trinajstić information content (AvgIpc) is 2.36. The lowest BCUT2D eigenvalue weighted by Gasteiger charge is -2.15. The Morgan fingerprint density at radius 3 is 2.68 bits per heavy atom. The minimum Gasteiger partial charge on any atom is -0.495 e. The molecule has 1 rings (SSSR count). The fourth-order valence-electron chi connectivity index (χ4n) is 1.83. The number of nitrogens with one attached hydrogen (secondary N) is 2. The number of urea groups is 1. The first kappa shape index (κ1) is 15.3. The van der Waals surface area contributed by atoms with Crippen LogP contribution in [0.3, 0.4) is 0 Å². The Morgan fingerprint density at radius 2 is 2.05 bits per heavy atom. The third kappa shape index (κ3) is 5.61. The van der Waals surface area contributed by atoms with Crippen LogP contribution in [-0.4, -0.2) is 25.7 Å². The molecule has 1 aromatic carbocycles. The molecule has 4 N–H and O–H groups in total. The molecule has 1 atom stereocenters. The molecule has 0 saturated carbocycles. The lowest BCUT2D eigenvalue weighted by molar-refractivity contribution is 0.250. The molecule has 0 aliphatic rings. The summed E-state index contributed by atoms with van der Waals surface area (Å²) in [5.74, 6) is 1.15. The highest BCUT2D eigenvalue weighted by Gasteiger charge is 2.09. The van der Waals surface area contributed by atoms with Gasteiger partial charge in [0, 0.05) is 12.6 Å². The van der Waals surface area contributed by atoms with E-state index in [0.717, 1.165) is 6.42 Å². The largest absolute Gasteiger partial charge is 0.495 e. The number of nitrogens with two attached hydrogens (primary N) is 1. The predicted molar refractivity (Wildman–Crippen MR) is 77.4 cm³/mol. The van der Waals surface area contributed by atoms with Crippen LogP contribution in [0.25, 0.3) is 0 Å². The van der Waals surface area contributed by atoms with Crippen LogP contribution < -0.4 is 21.1 Å². The van der Waals surface area contributed by atoms with Gasteiger partial charge in [-0.2, -0.15) is 0 Å². The molecule has 0 fully saturated rings. The first-order chi connectivity index (χ1) is 9.02. The lowest BCUT2D eigenvalue weighted by Crippen LogP contribution is -2.40. The van der Waals surface area contributed by atoms with E-state index in [2.05, 4.69) is 24.5 Å². The number of methoxy groups -OCH3 is 1. The van der Waals surface area contributed by atoms with Crippen molar-refractivity contribution in [2.75, 3.05) is 19.0 Å². The van der Waals surface area contributed by atoms with Crippen molar-refractivity contribution in [2.24, 2.45) is 11.7 Å². The van der Waals surface area contributed by atoms with Gasteiger partial charge >= 0.3 is 6.03 Å². The van der Waals surface area contributed by atoms with Gasteiger partial charge in [0.25, 0.3) is 0 Å². The van der Waals surface area contributed by atoms with E-state index in [4.69, 9.17) is 10.5 Å². The quantitative estimate of drug-likeness (QED) is 0.738. The van der Waals surface area contributed by atoms with Gasteiger partial charge < -0.3 is 21.1 Å². The van der Waals surface area contributed by atoms with Gasteiger partial charge in [0.2, 0.25) is 0 Å². The fourth-order valence-corrected chi connectivity index (χ4v) is 1.83. The highest BCUT2D eigenvalue weighted by atomic mass is 16.5. The number of hydrogen-bond acceptors (Lipinski definition) is 3. The molecule has 1 unspecified atom stereocenters. The van der Waals surface area contributed by atoms with Crippen LogP contribution in [0.1, 0.15) is 20.3 Å². The number of rotatable bonds is 6. The van der Waals surface area contributed by atoms with Gasteiger partial charge in [-0.05, 0) is 24.5 Å². The van der Waals surface area contributed by atoms with E-state index in [1.165, 1.54) is 0 Å². The smallest absolute Gasteiger partial charge is 0.319 e. The summed E-state index contributed by atoms with van der Waals surface area (Å²) in [5, 5.41) is 5.50. The van der Waals surface area contributed by atoms with Crippen LogP contribution in [0.5, 0.6) is 5.75 Å². The molecule has 0 saturated heterocycles. The predicted octanol–water partition coefficient (Wildman–Crippen LogP) is 2.19. The minimum atomic E-state index is -0.274. The summed E-state index contributed by atoms with van der Waals surface area (Å²) in [6.45, 7) is 4.67. The van der Waals surface area contributed by atoms with Gasteiger partial charge in [-0.25, -0.2) is 4.79 Å². The molecule has 106 valence electrons. The number of ether oxygens (including phenoxy) is 1. The van der Waals surface area contributed by atoms with Crippen LogP contribution in [0.2, 0.25) is 0 Å². The van der Waals surface area contributed by atoms with Crippen molar-refractivity contribution in [3.8, 4) is 5.75 Å². The zero-order chi connectivity index (χ0) is 14.3. The van der Waals surface area contributed by atoms with Crippen LogP contribution in [0, 0.1) is 5.92 Å². The van der Waals surface area contributed by atoms with Crippen LogP contribution >= 0.6 is 0 Å². The Balaban J connectivity index is 2.43. The molecular weight excluding hydrogens is 242 g/mol. The second kappa shape index (κ2) is 7.63. The normalized spacial score (nSPS) is 12.1. The van der Waals surface area contributed by atoms with Crippen molar-refractivity contribution < 1.29 is 9.53 Å². The second-order valence-electron chi connectivity index (χ2n) is 4.92. The molecule has 5 nitrogen and oxygen atoms in total. The number of para-hydroxylation sites is 2. The van der Waals surface area contributed by atoms with Crippen molar-refractivity contribution >= 4 is 11.7 Å². The topological polar surface area (TPSA) is 76.4 Å². The Morgan fingerprint density at radius 1 is 1.37 bits per heavy atom. The summed E-state index contributed by atoms with van der Waals surface area (Å²) in [6.07, 6.45) is 0.884. The molecule has 1 aromatic rings. The van der Waals surface area contributed by atoms with E-state index < -0.39 is 0 Å². The summed E-state index contributed by atoms with van der Waals surface area (Å²) in [6, 6.07) is 6.96. The van der Waals surface area contributed by atoms with Gasteiger partial charge in [-0.15, -0.1) is 0 Å². The zero-order valence-electron chi connectivity index (χ0n) is 11.8. The fraction of sp³-hybridized carbons (Fsp3) is 0.500. The molecule has 0 aromatic heterocycles. The van der Waals surface area contributed by atoms with E-state index in [1.807, 2.05) is 12.1 Å². The average molecular weight is 265 g/mol. The van der Waals surface area contributed by atoms with Crippen molar-refractivity contribution in [3.63, 3.8) is 0 Å². The molecule has 5 heteroatoms. The lowest BCUT2D eigenvalue weighted by atomic mass is 10.0. The second-order valence-corrected chi connectivity index (χ2v) is 4.92. The summed E-state index contributed by atoms with van der Waals surface area (Å²) < 4.78 is 5.16. The number of carbonyl (C=O) groups excluding carboxylic acids is 1. The van der Waals surface area contributed by atoms with Crippen molar-refractivity contribution in [1.29, 1.82) is 0 Å².